The van der Waals surface area contributed by atoms with Crippen molar-refractivity contribution in [2.24, 2.45) is 0 Å². The Morgan fingerprint density at radius 3 is 2.42 bits per heavy atom. The van der Waals surface area contributed by atoms with Gasteiger partial charge in [0.2, 0.25) is 0 Å². The second kappa shape index (κ2) is 4.06. The third-order valence-electron chi connectivity index (χ3n) is 1.76. The van der Waals surface area contributed by atoms with Gasteiger partial charge >= 0.3 is 0 Å². The van der Waals surface area contributed by atoms with Crippen molar-refractivity contribution in [3.05, 3.63) is 23.8 Å². The van der Waals surface area contributed by atoms with E-state index in [9.17, 15) is 0 Å². The number of benzene rings is 1. The van der Waals surface area contributed by atoms with Gasteiger partial charge in [0.25, 0.3) is 0 Å². The molecule has 0 fully saturated rings. The lowest BCUT2D eigenvalue weighted by Crippen LogP contribution is -2.08. The van der Waals surface area contributed by atoms with E-state index in [1.807, 2.05) is 20.2 Å². The number of hydrogen-bond acceptors (Lipinski definition) is 2. The van der Waals surface area contributed by atoms with Crippen LogP contribution in [0.3, 0.4) is 0 Å². The molecule has 1 rings (SSSR count). The molecule has 0 unspecified atom stereocenters. The number of aryl methyl sites for hydroxylation is 1. The van der Waals surface area contributed by atoms with Gasteiger partial charge in [0.15, 0.2) is 0 Å². The van der Waals surface area contributed by atoms with Gasteiger partial charge in [-0.25, -0.2) is 0 Å². The first-order chi connectivity index (χ1) is 5.65. The predicted molar refractivity (Wildman–Crippen MR) is 57.2 cm³/mol. The first-order valence-electron chi connectivity index (χ1n) is 3.71. The Kier molecular flexibility index (Phi) is 3.29. The topological polar surface area (TPSA) is 3.24 Å². The summed E-state index contributed by atoms with van der Waals surface area (Å²) in [5.41, 5.74) is 2.43. The van der Waals surface area contributed by atoms with Crippen molar-refractivity contribution in [1.82, 2.24) is 0 Å². The Morgan fingerprint density at radius 2 is 2.00 bits per heavy atom. The quantitative estimate of drug-likeness (QED) is 0.723. The van der Waals surface area contributed by atoms with Crippen LogP contribution < -0.4 is 4.90 Å². The summed E-state index contributed by atoms with van der Waals surface area (Å²) in [6.45, 7) is 2.07. The van der Waals surface area contributed by atoms with E-state index in [0.717, 1.165) is 4.90 Å². The van der Waals surface area contributed by atoms with Gasteiger partial charge in [-0.1, -0.05) is 0 Å². The number of nitrogens with zero attached hydrogens (tertiary/aromatic N) is 1. The Labute approximate surface area is 82.2 Å². The summed E-state index contributed by atoms with van der Waals surface area (Å²) in [5, 5.41) is 0. The van der Waals surface area contributed by atoms with E-state index < -0.39 is 0 Å². The highest BCUT2D eigenvalue weighted by atomic mass is 35.7. The molecular formula is C9H12ClNS. The van der Waals surface area contributed by atoms with Gasteiger partial charge in [-0.15, -0.1) is 0 Å². The van der Waals surface area contributed by atoms with Crippen molar-refractivity contribution in [2.75, 3.05) is 19.0 Å². The maximum atomic E-state index is 5.67. The molecule has 0 aliphatic rings. The Bertz CT molecular complexity index is 273. The monoisotopic (exact) mass is 201 g/mol. The number of hydrogen-bond donors (Lipinski definition) is 0. The number of halogens is 1. The molecule has 0 bridgehead atoms. The van der Waals surface area contributed by atoms with Crippen LogP contribution in [0.2, 0.25) is 0 Å². The highest BCUT2D eigenvalue weighted by molar-refractivity contribution is 8.21. The van der Waals surface area contributed by atoms with Crippen molar-refractivity contribution in [1.29, 1.82) is 0 Å². The number of rotatable bonds is 2. The molecule has 0 saturated carbocycles. The molecule has 0 radical (unpaired) electrons. The van der Waals surface area contributed by atoms with Crippen LogP contribution in [0, 0.1) is 6.92 Å². The number of anilines is 1. The highest BCUT2D eigenvalue weighted by Crippen LogP contribution is 2.28. The Hall–Kier alpha value is -0.340. The molecule has 0 atom stereocenters. The summed E-state index contributed by atoms with van der Waals surface area (Å²) in [6, 6.07) is 6.24. The van der Waals surface area contributed by atoms with E-state index in [4.69, 9.17) is 10.7 Å². The first-order valence-corrected chi connectivity index (χ1v) is 5.36. The standard InChI is InChI=1S/C9H12ClNS/c1-7-6-8(11(2)3)4-5-9(7)12-10/h4-6H,1-3H3. The zero-order valence-electron chi connectivity index (χ0n) is 7.47. The predicted octanol–water partition coefficient (Wildman–Crippen LogP) is 3.31. The molecule has 1 aromatic carbocycles. The van der Waals surface area contributed by atoms with E-state index in [1.54, 1.807) is 0 Å². The zero-order valence-corrected chi connectivity index (χ0v) is 9.04. The van der Waals surface area contributed by atoms with Crippen molar-refractivity contribution < 1.29 is 0 Å². The van der Waals surface area contributed by atoms with Gasteiger partial charge < -0.3 is 4.90 Å². The fourth-order valence-electron chi connectivity index (χ4n) is 0.998. The normalized spacial score (nSPS) is 10.0. The van der Waals surface area contributed by atoms with Gasteiger partial charge in [-0.2, -0.15) is 0 Å². The summed E-state index contributed by atoms with van der Waals surface area (Å²) in [7, 11) is 11.0. The van der Waals surface area contributed by atoms with E-state index in [0.29, 0.717) is 0 Å². The lowest BCUT2D eigenvalue weighted by molar-refractivity contribution is 1.12. The van der Waals surface area contributed by atoms with Crippen LogP contribution in [0.4, 0.5) is 5.69 Å². The molecule has 1 nitrogen and oxygen atoms in total. The fraction of sp³-hybridized carbons (Fsp3) is 0.333. The largest absolute Gasteiger partial charge is 0.378 e. The van der Waals surface area contributed by atoms with Gasteiger partial charge in [-0.05, 0) is 52.3 Å². The summed E-state index contributed by atoms with van der Waals surface area (Å²) < 4.78 is 0. The van der Waals surface area contributed by atoms with Crippen LogP contribution in [0.15, 0.2) is 23.1 Å². The molecule has 3 heteroatoms. The minimum Gasteiger partial charge on any atom is -0.378 e. The molecule has 0 spiro atoms. The molecule has 0 saturated heterocycles. The second-order valence-corrected chi connectivity index (χ2v) is 3.98. The molecule has 66 valence electrons. The van der Waals surface area contributed by atoms with E-state index in [1.165, 1.54) is 22.2 Å². The second-order valence-electron chi connectivity index (χ2n) is 2.92. The third-order valence-corrected chi connectivity index (χ3v) is 2.88. The fourth-order valence-corrected chi connectivity index (χ4v) is 1.82. The SMILES string of the molecule is Cc1cc(N(C)C)ccc1SCl. The maximum absolute atomic E-state index is 5.67. The third kappa shape index (κ3) is 2.08. The van der Waals surface area contributed by atoms with E-state index in [2.05, 4.69) is 24.0 Å². The van der Waals surface area contributed by atoms with Gasteiger partial charge in [-0.3, -0.25) is 0 Å². The van der Waals surface area contributed by atoms with Gasteiger partial charge in [0.05, 0.1) is 0 Å². The van der Waals surface area contributed by atoms with Crippen molar-refractivity contribution in [3.63, 3.8) is 0 Å². The minimum absolute atomic E-state index is 1.13. The van der Waals surface area contributed by atoms with Crippen LogP contribution in [0.25, 0.3) is 0 Å². The van der Waals surface area contributed by atoms with E-state index in [-0.39, 0.29) is 0 Å². The Balaban J connectivity index is 3.02. The van der Waals surface area contributed by atoms with E-state index >= 15 is 0 Å². The molecule has 0 aromatic heterocycles. The van der Waals surface area contributed by atoms with Gasteiger partial charge in [0.1, 0.15) is 0 Å². The molecule has 1 aromatic rings. The summed E-state index contributed by atoms with van der Waals surface area (Å²) in [5.74, 6) is 0. The Morgan fingerprint density at radius 1 is 1.33 bits per heavy atom. The van der Waals surface area contributed by atoms with Crippen LogP contribution in [0.5, 0.6) is 0 Å². The average Bonchev–Trinajstić information content (AvgIpc) is 2.04. The molecule has 0 amide bonds. The van der Waals surface area contributed by atoms with Crippen LogP contribution in [0.1, 0.15) is 5.56 Å². The molecular weight excluding hydrogens is 190 g/mol. The van der Waals surface area contributed by atoms with Crippen molar-refractivity contribution in [2.45, 2.75) is 11.8 Å². The molecule has 0 aliphatic heterocycles. The lowest BCUT2D eigenvalue weighted by Gasteiger charge is -2.13. The van der Waals surface area contributed by atoms with Crippen molar-refractivity contribution >= 4 is 27.3 Å². The summed E-state index contributed by atoms with van der Waals surface area (Å²) in [6.07, 6.45) is 0. The molecule has 0 aliphatic carbocycles. The van der Waals surface area contributed by atoms with Gasteiger partial charge in [0, 0.05) is 24.7 Å². The van der Waals surface area contributed by atoms with Crippen LogP contribution in [-0.2, 0) is 0 Å². The van der Waals surface area contributed by atoms with Crippen LogP contribution >= 0.6 is 21.7 Å². The van der Waals surface area contributed by atoms with Crippen molar-refractivity contribution in [3.8, 4) is 0 Å². The minimum atomic E-state index is 1.13. The lowest BCUT2D eigenvalue weighted by atomic mass is 10.2. The van der Waals surface area contributed by atoms with Crippen LogP contribution in [-0.4, -0.2) is 14.1 Å². The molecule has 0 heterocycles. The maximum Gasteiger partial charge on any atom is 0.0364 e. The zero-order chi connectivity index (χ0) is 9.14. The first kappa shape index (κ1) is 9.75. The molecule has 12 heavy (non-hydrogen) atoms. The summed E-state index contributed by atoms with van der Waals surface area (Å²) >= 11 is 0. The smallest absolute Gasteiger partial charge is 0.0364 e. The summed E-state index contributed by atoms with van der Waals surface area (Å²) in [4.78, 5) is 3.21. The highest BCUT2D eigenvalue weighted by Gasteiger charge is 2.00. The molecule has 0 N–H and O–H groups in total. The average molecular weight is 202 g/mol.